The number of rotatable bonds is 4. The van der Waals surface area contributed by atoms with E-state index in [1.807, 2.05) is 73.0 Å². The van der Waals surface area contributed by atoms with Crippen molar-refractivity contribution in [2.75, 3.05) is 5.32 Å². The molecule has 1 N–H and O–H groups in total. The zero-order valence-electron chi connectivity index (χ0n) is 19.2. The second-order valence-corrected chi connectivity index (χ2v) is 8.55. The highest BCUT2D eigenvalue weighted by Crippen LogP contribution is 2.47. The molecule has 3 aliphatic heterocycles. The Kier molecular flexibility index (Phi) is 4.67. The number of para-hydroxylation sites is 2. The standard InChI is InChI=1S/C30H21N5O/c1-2-12-27-25(11-1)33-29-28(36-27)14-13-26(34-17-5-9-23(34)19-21-7-3-15-31-21)30(29)35-18-6-10-24(35)20-22-8-4-16-32-22/h1-20,33H/b21-19+,22-20+. The van der Waals surface area contributed by atoms with Crippen LogP contribution in [0.15, 0.2) is 119 Å². The molecule has 0 radical (unpaired) electrons. The van der Waals surface area contributed by atoms with Crippen LogP contribution in [0.1, 0.15) is 11.4 Å². The fraction of sp³-hybridized carbons (Fsp3) is 0. The molecule has 36 heavy (non-hydrogen) atoms. The molecule has 0 aliphatic carbocycles. The van der Waals surface area contributed by atoms with Crippen LogP contribution >= 0.6 is 0 Å². The Morgan fingerprint density at radius 3 is 2.11 bits per heavy atom. The quantitative estimate of drug-likeness (QED) is 0.307. The normalized spacial score (nSPS) is 17.0. The van der Waals surface area contributed by atoms with Crippen molar-refractivity contribution >= 4 is 36.0 Å². The highest BCUT2D eigenvalue weighted by molar-refractivity contribution is 5.87. The van der Waals surface area contributed by atoms with Gasteiger partial charge in [-0.3, -0.25) is 9.98 Å². The van der Waals surface area contributed by atoms with Crippen molar-refractivity contribution < 1.29 is 4.74 Å². The van der Waals surface area contributed by atoms with E-state index in [0.29, 0.717) is 0 Å². The summed E-state index contributed by atoms with van der Waals surface area (Å²) in [5.41, 5.74) is 7.69. The lowest BCUT2D eigenvalue weighted by molar-refractivity contribution is 0.481. The number of hydrogen-bond acceptors (Lipinski definition) is 4. The molecule has 0 saturated heterocycles. The number of nitrogens with zero attached hydrogens (tertiary/aromatic N) is 4. The lowest BCUT2D eigenvalue weighted by Gasteiger charge is -2.27. The van der Waals surface area contributed by atoms with Gasteiger partial charge in [0.05, 0.1) is 28.5 Å². The zero-order chi connectivity index (χ0) is 23.9. The minimum atomic E-state index is 0.772. The Morgan fingerprint density at radius 1 is 0.694 bits per heavy atom. The third-order valence-corrected chi connectivity index (χ3v) is 6.29. The van der Waals surface area contributed by atoms with Gasteiger partial charge >= 0.3 is 0 Å². The zero-order valence-corrected chi connectivity index (χ0v) is 19.2. The minimum absolute atomic E-state index is 0.772. The summed E-state index contributed by atoms with van der Waals surface area (Å²) in [5.74, 6) is 1.58. The maximum Gasteiger partial charge on any atom is 0.153 e. The average molecular weight is 468 g/mol. The maximum absolute atomic E-state index is 6.32. The number of aromatic nitrogens is 2. The number of benzene rings is 2. The number of aliphatic imine (C=N–C) groups is 2. The molecule has 2 aromatic carbocycles. The molecule has 7 rings (SSSR count). The number of nitrogens with one attached hydrogen (secondary N) is 1. The van der Waals surface area contributed by atoms with E-state index in [4.69, 9.17) is 4.74 Å². The summed E-state index contributed by atoms with van der Waals surface area (Å²) in [5, 5.41) is 3.64. The monoisotopic (exact) mass is 467 g/mol. The van der Waals surface area contributed by atoms with Gasteiger partial charge in [0.1, 0.15) is 5.69 Å². The average Bonchev–Trinajstić information content (AvgIpc) is 3.72. The van der Waals surface area contributed by atoms with Crippen molar-refractivity contribution in [3.63, 3.8) is 0 Å². The predicted octanol–water partition coefficient (Wildman–Crippen LogP) is 7.08. The van der Waals surface area contributed by atoms with Crippen LogP contribution in [0.4, 0.5) is 11.4 Å². The summed E-state index contributed by atoms with van der Waals surface area (Å²) in [7, 11) is 0. The molecule has 0 spiro atoms. The van der Waals surface area contributed by atoms with Gasteiger partial charge in [0.15, 0.2) is 11.5 Å². The molecule has 0 amide bonds. The molecule has 0 bridgehead atoms. The van der Waals surface area contributed by atoms with Crippen LogP contribution in [0.2, 0.25) is 0 Å². The Morgan fingerprint density at radius 2 is 1.39 bits per heavy atom. The fourth-order valence-corrected chi connectivity index (χ4v) is 4.67. The number of allylic oxidation sites excluding steroid dienone is 4. The SMILES string of the molecule is C1=C/C(=C\c2cccn2-c2ccc3c(c2-n2cccc2/C=C2\C=CC=N2)Nc2ccccc2O3)N=C1. The topological polar surface area (TPSA) is 55.8 Å². The van der Waals surface area contributed by atoms with Crippen molar-refractivity contribution in [1.82, 2.24) is 9.13 Å². The van der Waals surface area contributed by atoms with Crippen LogP contribution in [0.5, 0.6) is 11.5 Å². The van der Waals surface area contributed by atoms with Crippen LogP contribution < -0.4 is 10.1 Å². The number of fused-ring (bicyclic) bond motifs is 2. The van der Waals surface area contributed by atoms with Gasteiger partial charge in [0, 0.05) is 36.2 Å². The number of ether oxygens (including phenoxy) is 1. The first kappa shape index (κ1) is 20.3. The van der Waals surface area contributed by atoms with E-state index in [1.54, 1.807) is 6.21 Å². The van der Waals surface area contributed by atoms with Gasteiger partial charge in [-0.05, 0) is 85.0 Å². The largest absolute Gasteiger partial charge is 0.453 e. The van der Waals surface area contributed by atoms with Gasteiger partial charge in [0.2, 0.25) is 0 Å². The number of anilines is 2. The van der Waals surface area contributed by atoms with Crippen molar-refractivity contribution in [2.45, 2.75) is 0 Å². The Labute approximate surface area is 208 Å². The van der Waals surface area contributed by atoms with Gasteiger partial charge in [-0.2, -0.15) is 0 Å². The molecule has 0 fully saturated rings. The highest BCUT2D eigenvalue weighted by Gasteiger charge is 2.24. The van der Waals surface area contributed by atoms with Crippen LogP contribution in [0, 0.1) is 0 Å². The molecule has 0 saturated carbocycles. The number of hydrogen-bond donors (Lipinski definition) is 1. The van der Waals surface area contributed by atoms with E-state index in [9.17, 15) is 0 Å². The van der Waals surface area contributed by atoms with E-state index in [1.165, 1.54) is 0 Å². The molecule has 5 heterocycles. The lowest BCUT2D eigenvalue weighted by Crippen LogP contribution is -2.11. The van der Waals surface area contributed by atoms with Crippen molar-refractivity contribution in [1.29, 1.82) is 0 Å². The van der Waals surface area contributed by atoms with Crippen LogP contribution in [0.3, 0.4) is 0 Å². The molecule has 6 heteroatoms. The van der Waals surface area contributed by atoms with Crippen LogP contribution in [-0.2, 0) is 0 Å². The molecule has 6 nitrogen and oxygen atoms in total. The molecule has 0 atom stereocenters. The summed E-state index contributed by atoms with van der Waals surface area (Å²) >= 11 is 0. The third-order valence-electron chi connectivity index (χ3n) is 6.29. The Bertz CT molecular complexity index is 1660. The van der Waals surface area contributed by atoms with Gasteiger partial charge < -0.3 is 19.2 Å². The molecule has 0 unspecified atom stereocenters. The van der Waals surface area contributed by atoms with E-state index in [2.05, 4.69) is 67.2 Å². The maximum atomic E-state index is 6.32. The second kappa shape index (κ2) is 8.29. The summed E-state index contributed by atoms with van der Waals surface area (Å²) in [4.78, 5) is 8.88. The minimum Gasteiger partial charge on any atom is -0.453 e. The van der Waals surface area contributed by atoms with Gasteiger partial charge in [0.25, 0.3) is 0 Å². The molecular weight excluding hydrogens is 446 g/mol. The molecule has 4 aromatic rings. The predicted molar refractivity (Wildman–Crippen MR) is 146 cm³/mol. The summed E-state index contributed by atoms with van der Waals surface area (Å²) in [6.07, 6.45) is 19.8. The Balaban J connectivity index is 1.45. The smallest absolute Gasteiger partial charge is 0.153 e. The summed E-state index contributed by atoms with van der Waals surface area (Å²) in [6, 6.07) is 20.4. The second-order valence-electron chi connectivity index (χ2n) is 8.55. The van der Waals surface area contributed by atoms with Gasteiger partial charge in [-0.25, -0.2) is 0 Å². The molecule has 2 aromatic heterocycles. The lowest BCUT2D eigenvalue weighted by atomic mass is 10.1. The molecular formula is C30H21N5O. The molecule has 3 aliphatic rings. The summed E-state index contributed by atoms with van der Waals surface area (Å²) in [6.45, 7) is 0. The first-order chi connectivity index (χ1) is 17.8. The van der Waals surface area contributed by atoms with Crippen molar-refractivity contribution in [2.24, 2.45) is 9.98 Å². The highest BCUT2D eigenvalue weighted by atomic mass is 16.5. The molecule has 172 valence electrons. The van der Waals surface area contributed by atoms with Gasteiger partial charge in [-0.1, -0.05) is 12.1 Å². The van der Waals surface area contributed by atoms with E-state index < -0.39 is 0 Å². The van der Waals surface area contributed by atoms with E-state index in [-0.39, 0.29) is 0 Å². The van der Waals surface area contributed by atoms with E-state index >= 15 is 0 Å². The van der Waals surface area contributed by atoms with Crippen LogP contribution in [-0.4, -0.2) is 21.6 Å². The first-order valence-electron chi connectivity index (χ1n) is 11.7. The Hall–Kier alpha value is -5.10. The summed E-state index contributed by atoms with van der Waals surface area (Å²) < 4.78 is 10.7. The van der Waals surface area contributed by atoms with E-state index in [0.717, 1.165) is 57.0 Å². The first-order valence-corrected chi connectivity index (χ1v) is 11.7. The van der Waals surface area contributed by atoms with Crippen molar-refractivity contribution in [3.05, 3.63) is 120 Å². The van der Waals surface area contributed by atoms with Gasteiger partial charge in [-0.15, -0.1) is 0 Å². The van der Waals surface area contributed by atoms with Crippen molar-refractivity contribution in [3.8, 4) is 22.9 Å². The fourth-order valence-electron chi connectivity index (χ4n) is 4.67. The van der Waals surface area contributed by atoms with Crippen LogP contribution in [0.25, 0.3) is 23.5 Å². The third kappa shape index (κ3) is 3.44.